The van der Waals surface area contributed by atoms with Gasteiger partial charge < -0.3 is 20.5 Å². The summed E-state index contributed by atoms with van der Waals surface area (Å²) in [6.45, 7) is 13.6. The van der Waals surface area contributed by atoms with Crippen molar-refractivity contribution < 1.29 is 23.1 Å². The molecule has 54 heavy (non-hydrogen) atoms. The van der Waals surface area contributed by atoms with E-state index in [9.17, 15) is 18.3 Å². The van der Waals surface area contributed by atoms with Crippen molar-refractivity contribution >= 4 is 48.7 Å². The largest absolute Gasteiger partial charge is 0.494 e. The topological polar surface area (TPSA) is 162 Å². The van der Waals surface area contributed by atoms with Gasteiger partial charge in [0.15, 0.2) is 27.0 Å². The second kappa shape index (κ2) is 16.4. The van der Waals surface area contributed by atoms with E-state index >= 15 is 0 Å². The van der Waals surface area contributed by atoms with Gasteiger partial charge in [-0.1, -0.05) is 18.2 Å². The van der Waals surface area contributed by atoms with E-state index < -0.39 is 27.0 Å². The number of carbonyl (C=O) groups excluding carboxylic acids is 1. The van der Waals surface area contributed by atoms with Crippen LogP contribution in [0.3, 0.4) is 0 Å². The highest BCUT2D eigenvalue weighted by molar-refractivity contribution is 9.10. The molecule has 6 rings (SSSR count). The number of aromatic nitrogens is 5. The number of rotatable bonds is 15. The molecule has 3 N–H and O–H groups in total. The smallest absolute Gasteiger partial charge is 0.190 e. The average Bonchev–Trinajstić information content (AvgIpc) is 3.77. The van der Waals surface area contributed by atoms with Crippen molar-refractivity contribution in [1.82, 2.24) is 29.3 Å². The molecule has 1 aliphatic rings. The summed E-state index contributed by atoms with van der Waals surface area (Å²) in [6, 6.07) is 11.0. The van der Waals surface area contributed by atoms with Crippen LogP contribution in [0.25, 0.3) is 21.6 Å². The molecule has 1 aliphatic heterocycles. The van der Waals surface area contributed by atoms with Crippen molar-refractivity contribution in [3.8, 4) is 16.9 Å². The number of likely N-dealkylation sites (tertiary alicyclic amines) is 1. The maximum atomic E-state index is 13.1. The zero-order valence-corrected chi connectivity index (χ0v) is 33.1. The van der Waals surface area contributed by atoms with E-state index in [0.29, 0.717) is 35.0 Å². The Bertz CT molecular complexity index is 2300. The van der Waals surface area contributed by atoms with Gasteiger partial charge in [0.05, 0.1) is 46.4 Å². The normalized spacial score (nSPS) is 16.3. The lowest BCUT2D eigenvalue weighted by atomic mass is 9.94. The van der Waals surface area contributed by atoms with Crippen molar-refractivity contribution in [3.63, 3.8) is 0 Å². The molecule has 2 atom stereocenters. The quantitative estimate of drug-likeness (QED) is 0.0933. The number of nitrogen functional groups attached to an aromatic ring is 1. The van der Waals surface area contributed by atoms with Gasteiger partial charge in [-0.25, -0.2) is 18.2 Å². The number of hydrogen-bond donors (Lipinski definition) is 2. The maximum Gasteiger partial charge on any atom is 0.190 e. The summed E-state index contributed by atoms with van der Waals surface area (Å²) in [5.74, 6) is -0.0398. The molecule has 5 aromatic rings. The van der Waals surface area contributed by atoms with Crippen LogP contribution in [0.5, 0.6) is 5.75 Å². The monoisotopic (exact) mass is 816 g/mol. The number of halogens is 1. The molecular formula is C39H45BrN8O5S. The first-order valence-electron chi connectivity index (χ1n) is 18.0. The minimum atomic E-state index is -3.97. The molecule has 0 radical (unpaired) electrons. The number of aryl methyl sites for hydroxylation is 2. The summed E-state index contributed by atoms with van der Waals surface area (Å²) in [5.41, 5.74) is 9.76. The highest BCUT2D eigenvalue weighted by Crippen LogP contribution is 2.36. The van der Waals surface area contributed by atoms with Crippen LogP contribution < -0.4 is 10.5 Å². The molecule has 3 aromatic heterocycles. The molecule has 0 amide bonds. The number of unbranched alkanes of at least 4 members (excludes halogenated alkanes) is 2. The number of piperidine rings is 1. The van der Waals surface area contributed by atoms with Crippen LogP contribution >= 0.6 is 15.9 Å². The second-order valence-corrected chi connectivity index (χ2v) is 17.1. The van der Waals surface area contributed by atoms with Crippen LogP contribution in [-0.4, -0.2) is 86.2 Å². The molecule has 0 unspecified atom stereocenters. The van der Waals surface area contributed by atoms with Crippen LogP contribution in [0, 0.1) is 13.5 Å². The summed E-state index contributed by atoms with van der Waals surface area (Å²) >= 11 is 3.72. The van der Waals surface area contributed by atoms with Crippen LogP contribution in [0.1, 0.15) is 61.8 Å². The molecule has 0 aliphatic carbocycles. The molecule has 1 fully saturated rings. The van der Waals surface area contributed by atoms with Crippen LogP contribution in [0.15, 0.2) is 70.4 Å². The number of anilines is 1. The maximum absolute atomic E-state index is 13.1. The Hall–Kier alpha value is -4.62. The molecule has 0 bridgehead atoms. The molecule has 1 saturated heterocycles. The van der Waals surface area contributed by atoms with Gasteiger partial charge in [-0.3, -0.25) is 9.48 Å². The summed E-state index contributed by atoms with van der Waals surface area (Å²) in [7, 11) is -2.09. The molecule has 284 valence electrons. The Morgan fingerprint density at radius 1 is 1.15 bits per heavy atom. The Morgan fingerprint density at radius 3 is 2.63 bits per heavy atom. The number of carbonyl (C=O) groups is 1. The van der Waals surface area contributed by atoms with Crippen molar-refractivity contribution in [1.29, 1.82) is 0 Å². The van der Waals surface area contributed by atoms with Gasteiger partial charge >= 0.3 is 0 Å². The van der Waals surface area contributed by atoms with E-state index in [-0.39, 0.29) is 17.2 Å². The number of fused-ring (bicyclic) bond motifs is 1. The van der Waals surface area contributed by atoms with Crippen LogP contribution in [-0.2, 0) is 28.1 Å². The van der Waals surface area contributed by atoms with Gasteiger partial charge in [0.25, 0.3) is 0 Å². The lowest BCUT2D eigenvalue weighted by Gasteiger charge is -2.33. The van der Waals surface area contributed by atoms with Gasteiger partial charge in [-0.2, -0.15) is 14.7 Å². The van der Waals surface area contributed by atoms with Crippen molar-refractivity contribution in [3.05, 3.63) is 93.8 Å². The summed E-state index contributed by atoms with van der Waals surface area (Å²) < 4.78 is 36.4. The Balaban J connectivity index is 0.953. The number of nitrogens with two attached hydrogens (primary N) is 1. The molecule has 0 spiro atoms. The molecular weight excluding hydrogens is 772 g/mol. The van der Waals surface area contributed by atoms with E-state index in [2.05, 4.69) is 35.9 Å². The first kappa shape index (κ1) is 39.1. The SMILES string of the molecule is [C-]#[N+]c1ccc(CC(=O)[C@@](C)(O)CS(=O)(=O)c2ccc(OCCCCCN3CCC[C@@H](c4nc5c(-c6cnn(C)c6)cnn5c(N)c4Br)C3)cc2)cc1C. The summed E-state index contributed by atoms with van der Waals surface area (Å²) in [5, 5.41) is 19.7. The van der Waals surface area contributed by atoms with Crippen LogP contribution in [0.4, 0.5) is 11.5 Å². The predicted octanol–water partition coefficient (Wildman–Crippen LogP) is 6.10. The fraction of sp³-hybridized carbons (Fsp3) is 0.410. The Labute approximate surface area is 324 Å². The zero-order valence-electron chi connectivity index (χ0n) is 30.7. The van der Waals surface area contributed by atoms with E-state index in [4.69, 9.17) is 22.0 Å². The lowest BCUT2D eigenvalue weighted by molar-refractivity contribution is -0.133. The summed E-state index contributed by atoms with van der Waals surface area (Å²) in [4.78, 5) is 23.9. The Morgan fingerprint density at radius 2 is 1.93 bits per heavy atom. The van der Waals surface area contributed by atoms with E-state index in [1.807, 2.05) is 13.2 Å². The third-order valence-electron chi connectivity index (χ3n) is 9.94. The fourth-order valence-corrected chi connectivity index (χ4v) is 9.14. The molecule has 2 aromatic carbocycles. The van der Waals surface area contributed by atoms with Crippen molar-refractivity contribution in [2.75, 3.05) is 37.7 Å². The van der Waals surface area contributed by atoms with E-state index in [1.54, 1.807) is 58.8 Å². The second-order valence-electron chi connectivity index (χ2n) is 14.3. The van der Waals surface area contributed by atoms with Gasteiger partial charge in [-0.05, 0) is 110 Å². The number of ketones is 1. The molecule has 4 heterocycles. The third-order valence-corrected chi connectivity index (χ3v) is 12.7. The number of Topliss-reactive ketones (excluding diaryl/α,β-unsaturated/α-hetero) is 1. The number of sulfone groups is 1. The van der Waals surface area contributed by atoms with Gasteiger partial charge in [0.2, 0.25) is 0 Å². The van der Waals surface area contributed by atoms with Gasteiger partial charge in [0.1, 0.15) is 17.2 Å². The first-order chi connectivity index (χ1) is 25.8. The minimum absolute atomic E-state index is 0.00368. The fourth-order valence-electron chi connectivity index (χ4n) is 6.94. The Kier molecular flexibility index (Phi) is 11.9. The lowest BCUT2D eigenvalue weighted by Crippen LogP contribution is -2.43. The predicted molar refractivity (Wildman–Crippen MR) is 210 cm³/mol. The zero-order chi connectivity index (χ0) is 38.6. The first-order valence-corrected chi connectivity index (χ1v) is 20.4. The van der Waals surface area contributed by atoms with E-state index in [1.165, 1.54) is 19.1 Å². The number of nitrogens with zero attached hydrogens (tertiary/aromatic N) is 7. The van der Waals surface area contributed by atoms with Crippen LogP contribution in [0.2, 0.25) is 0 Å². The van der Waals surface area contributed by atoms with Gasteiger partial charge in [0, 0.05) is 43.3 Å². The summed E-state index contributed by atoms with van der Waals surface area (Å²) in [6.07, 6.45) is 10.3. The number of ether oxygens (including phenoxy) is 1. The number of aliphatic hydroxyl groups is 1. The highest BCUT2D eigenvalue weighted by Gasteiger charge is 2.36. The van der Waals surface area contributed by atoms with Crippen molar-refractivity contribution in [2.45, 2.75) is 68.8 Å². The van der Waals surface area contributed by atoms with Gasteiger partial charge in [-0.15, -0.1) is 0 Å². The molecule has 15 heteroatoms. The van der Waals surface area contributed by atoms with E-state index in [0.717, 1.165) is 78.7 Å². The molecule has 0 saturated carbocycles. The highest BCUT2D eigenvalue weighted by atomic mass is 79.9. The standard InChI is InChI=1S/C39H45BrN8O5S/c1-26-19-27(10-15-33(26)42-3)20-34(49)39(2,50)25-54(51,52)31-13-11-30(12-14-31)53-18-7-5-6-16-47-17-8-9-28(24-47)36-35(40)37(41)48-38(45-36)32(22-44-48)29-21-43-46(4)23-29/h10-15,19,21-23,28,50H,5-9,16-18,20,24-25,41H2,1-2,4H3/t28-,39+/m1/s1. The minimum Gasteiger partial charge on any atom is -0.494 e. The number of benzene rings is 2. The molecule has 13 nitrogen and oxygen atoms in total. The third kappa shape index (κ3) is 8.84. The average molecular weight is 818 g/mol. The van der Waals surface area contributed by atoms with Crippen molar-refractivity contribution in [2.24, 2.45) is 7.05 Å². The number of hydrogen-bond acceptors (Lipinski definition) is 10.